The summed E-state index contributed by atoms with van der Waals surface area (Å²) in [5, 5.41) is 18.2. The van der Waals surface area contributed by atoms with Gasteiger partial charge in [-0.05, 0) is 30.5 Å². The van der Waals surface area contributed by atoms with Crippen LogP contribution in [0.2, 0.25) is 0 Å². The van der Waals surface area contributed by atoms with Crippen molar-refractivity contribution in [2.24, 2.45) is 0 Å². The molecule has 2 N–H and O–H groups in total. The van der Waals surface area contributed by atoms with Gasteiger partial charge in [-0.25, -0.2) is 0 Å². The molecule has 76 valence electrons. The number of hydrogen-bond acceptors (Lipinski definition) is 3. The zero-order chi connectivity index (χ0) is 9.97. The maximum absolute atomic E-state index is 9.32. The topological polar surface area (TPSA) is 49.7 Å². The lowest BCUT2D eigenvalue weighted by Gasteiger charge is -2.32. The molecule has 3 nitrogen and oxygen atoms in total. The van der Waals surface area contributed by atoms with Crippen LogP contribution in [0, 0.1) is 0 Å². The first-order valence-corrected chi connectivity index (χ1v) is 4.84. The fourth-order valence-corrected chi connectivity index (χ4v) is 1.48. The second kappa shape index (κ2) is 3.98. The Morgan fingerprint density at radius 1 is 1.36 bits per heavy atom. The zero-order valence-electron chi connectivity index (χ0n) is 7.89. The van der Waals surface area contributed by atoms with Crippen LogP contribution >= 0.6 is 0 Å². The normalized spacial score (nSPS) is 25.6. The summed E-state index contributed by atoms with van der Waals surface area (Å²) in [6.45, 7) is 0.0183. The molecule has 0 saturated heterocycles. The Morgan fingerprint density at radius 3 is 2.79 bits per heavy atom. The summed E-state index contributed by atoms with van der Waals surface area (Å²) in [6, 6.07) is 7.31. The minimum Gasteiger partial charge on any atom is -0.488 e. The highest BCUT2D eigenvalue weighted by molar-refractivity contribution is 5.28. The molecule has 0 unspecified atom stereocenters. The number of benzene rings is 1. The van der Waals surface area contributed by atoms with E-state index in [0.717, 1.165) is 24.2 Å². The monoisotopic (exact) mass is 194 g/mol. The first kappa shape index (κ1) is 9.49. The van der Waals surface area contributed by atoms with E-state index in [1.165, 1.54) is 0 Å². The van der Waals surface area contributed by atoms with Crippen LogP contribution in [0.15, 0.2) is 24.3 Å². The standard InChI is InChI=1S/C11H14O3/c12-7-8-2-1-3-9(6-8)14-11-5-4-10(11)13/h1-3,6,10-13H,4-5,7H2/t10-,11-/m0/s1. The van der Waals surface area contributed by atoms with Crippen LogP contribution < -0.4 is 4.74 Å². The van der Waals surface area contributed by atoms with E-state index < -0.39 is 0 Å². The second-order valence-electron chi connectivity index (χ2n) is 3.61. The largest absolute Gasteiger partial charge is 0.488 e. The lowest BCUT2D eigenvalue weighted by atomic mass is 9.92. The molecule has 1 aliphatic rings. The number of hydrogen-bond donors (Lipinski definition) is 2. The van der Waals surface area contributed by atoms with E-state index >= 15 is 0 Å². The van der Waals surface area contributed by atoms with E-state index in [9.17, 15) is 5.11 Å². The molecule has 0 aliphatic heterocycles. The van der Waals surface area contributed by atoms with Crippen LogP contribution in [-0.2, 0) is 6.61 Å². The van der Waals surface area contributed by atoms with Gasteiger partial charge in [0.25, 0.3) is 0 Å². The minimum absolute atomic E-state index is 0.0183. The quantitative estimate of drug-likeness (QED) is 0.757. The van der Waals surface area contributed by atoms with E-state index in [0.29, 0.717) is 0 Å². The van der Waals surface area contributed by atoms with Gasteiger partial charge in [0.15, 0.2) is 0 Å². The minimum atomic E-state index is -0.326. The van der Waals surface area contributed by atoms with Crippen molar-refractivity contribution in [1.82, 2.24) is 0 Å². The van der Waals surface area contributed by atoms with Gasteiger partial charge in [0.05, 0.1) is 12.7 Å². The van der Waals surface area contributed by atoms with Gasteiger partial charge in [0.1, 0.15) is 11.9 Å². The Bertz CT molecular complexity index is 311. The Kier molecular flexibility index (Phi) is 2.70. The van der Waals surface area contributed by atoms with Crippen LogP contribution in [0.5, 0.6) is 5.75 Å². The summed E-state index contributed by atoms with van der Waals surface area (Å²) < 4.78 is 5.54. The highest BCUT2D eigenvalue weighted by Gasteiger charge is 2.30. The molecule has 1 saturated carbocycles. The lowest BCUT2D eigenvalue weighted by molar-refractivity contribution is -0.0362. The molecule has 1 aromatic rings. The highest BCUT2D eigenvalue weighted by atomic mass is 16.5. The number of aliphatic hydroxyl groups excluding tert-OH is 2. The molecule has 3 heteroatoms. The number of rotatable bonds is 3. The summed E-state index contributed by atoms with van der Waals surface area (Å²) in [4.78, 5) is 0. The maximum atomic E-state index is 9.32. The molecule has 14 heavy (non-hydrogen) atoms. The van der Waals surface area contributed by atoms with Gasteiger partial charge in [-0.1, -0.05) is 12.1 Å². The summed E-state index contributed by atoms with van der Waals surface area (Å²) in [5.41, 5.74) is 0.830. The first-order valence-electron chi connectivity index (χ1n) is 4.84. The summed E-state index contributed by atoms with van der Waals surface area (Å²) in [6.07, 6.45) is 1.34. The summed E-state index contributed by atoms with van der Waals surface area (Å²) in [5.74, 6) is 0.723. The van der Waals surface area contributed by atoms with Crippen LogP contribution in [-0.4, -0.2) is 22.4 Å². The van der Waals surface area contributed by atoms with E-state index in [2.05, 4.69) is 0 Å². The lowest BCUT2D eigenvalue weighted by Crippen LogP contribution is -2.41. The fourth-order valence-electron chi connectivity index (χ4n) is 1.48. The second-order valence-corrected chi connectivity index (χ2v) is 3.61. The van der Waals surface area contributed by atoms with Crippen molar-refractivity contribution in [3.63, 3.8) is 0 Å². The molecule has 2 atom stereocenters. The molecule has 0 aromatic heterocycles. The van der Waals surface area contributed by atoms with Crippen molar-refractivity contribution < 1.29 is 14.9 Å². The Balaban J connectivity index is 2.01. The Hall–Kier alpha value is -1.06. The molecular weight excluding hydrogens is 180 g/mol. The van der Waals surface area contributed by atoms with Gasteiger partial charge in [0.2, 0.25) is 0 Å². The third kappa shape index (κ3) is 1.89. The third-order valence-corrected chi connectivity index (χ3v) is 2.54. The van der Waals surface area contributed by atoms with Gasteiger partial charge in [-0.15, -0.1) is 0 Å². The van der Waals surface area contributed by atoms with Crippen LogP contribution in [0.4, 0.5) is 0 Å². The van der Waals surface area contributed by atoms with Crippen molar-refractivity contribution in [2.45, 2.75) is 31.7 Å². The molecule has 1 fully saturated rings. The maximum Gasteiger partial charge on any atom is 0.125 e. The summed E-state index contributed by atoms with van der Waals surface area (Å²) in [7, 11) is 0. The number of aliphatic hydroxyl groups is 2. The zero-order valence-corrected chi connectivity index (χ0v) is 7.89. The van der Waals surface area contributed by atoms with Gasteiger partial charge < -0.3 is 14.9 Å². The van der Waals surface area contributed by atoms with Crippen molar-refractivity contribution in [3.05, 3.63) is 29.8 Å². The predicted molar refractivity (Wildman–Crippen MR) is 52.0 cm³/mol. The van der Waals surface area contributed by atoms with Crippen LogP contribution in [0.3, 0.4) is 0 Å². The van der Waals surface area contributed by atoms with Crippen molar-refractivity contribution in [1.29, 1.82) is 0 Å². The Morgan fingerprint density at radius 2 is 2.21 bits per heavy atom. The Labute approximate surface area is 83.0 Å². The molecule has 0 amide bonds. The highest BCUT2D eigenvalue weighted by Crippen LogP contribution is 2.26. The van der Waals surface area contributed by atoms with Crippen molar-refractivity contribution in [2.75, 3.05) is 0 Å². The SMILES string of the molecule is OCc1cccc(O[C@H]2CC[C@@H]2O)c1. The van der Waals surface area contributed by atoms with Gasteiger partial charge >= 0.3 is 0 Å². The van der Waals surface area contributed by atoms with Crippen molar-refractivity contribution in [3.8, 4) is 5.75 Å². The van der Waals surface area contributed by atoms with Gasteiger partial charge in [0, 0.05) is 0 Å². The van der Waals surface area contributed by atoms with E-state index in [1.807, 2.05) is 18.2 Å². The van der Waals surface area contributed by atoms with E-state index in [-0.39, 0.29) is 18.8 Å². The molecular formula is C11H14O3. The summed E-state index contributed by atoms with van der Waals surface area (Å²) >= 11 is 0. The van der Waals surface area contributed by atoms with Gasteiger partial charge in [-0.2, -0.15) is 0 Å². The first-order chi connectivity index (χ1) is 6.79. The van der Waals surface area contributed by atoms with E-state index in [4.69, 9.17) is 9.84 Å². The average molecular weight is 194 g/mol. The average Bonchev–Trinajstić information content (AvgIpc) is 2.24. The molecule has 0 bridgehead atoms. The molecule has 0 spiro atoms. The van der Waals surface area contributed by atoms with Crippen LogP contribution in [0.25, 0.3) is 0 Å². The molecule has 1 aromatic carbocycles. The molecule has 2 rings (SSSR count). The smallest absolute Gasteiger partial charge is 0.125 e. The molecule has 0 radical (unpaired) electrons. The number of ether oxygens (including phenoxy) is 1. The van der Waals surface area contributed by atoms with Crippen molar-refractivity contribution >= 4 is 0 Å². The van der Waals surface area contributed by atoms with E-state index in [1.54, 1.807) is 6.07 Å². The fraction of sp³-hybridized carbons (Fsp3) is 0.455. The predicted octanol–water partition coefficient (Wildman–Crippen LogP) is 1.08. The third-order valence-electron chi connectivity index (χ3n) is 2.54. The van der Waals surface area contributed by atoms with Gasteiger partial charge in [-0.3, -0.25) is 0 Å². The van der Waals surface area contributed by atoms with Crippen LogP contribution in [0.1, 0.15) is 18.4 Å². The molecule has 1 aliphatic carbocycles. The molecule has 0 heterocycles.